The van der Waals surface area contributed by atoms with Gasteiger partial charge in [-0.1, -0.05) is 53.5 Å². The van der Waals surface area contributed by atoms with E-state index in [1.807, 2.05) is 6.07 Å². The number of anilines is 1. The third-order valence-corrected chi connectivity index (χ3v) is 3.19. The highest BCUT2D eigenvalue weighted by molar-refractivity contribution is 6.41. The quantitative estimate of drug-likeness (QED) is 0.511. The van der Waals surface area contributed by atoms with Crippen molar-refractivity contribution in [2.24, 2.45) is 0 Å². The molecule has 18 heavy (non-hydrogen) atoms. The van der Waals surface area contributed by atoms with E-state index in [1.54, 1.807) is 24.3 Å². The summed E-state index contributed by atoms with van der Waals surface area (Å²) in [6.45, 7) is 0. The van der Waals surface area contributed by atoms with Crippen molar-refractivity contribution in [2.75, 3.05) is 5.73 Å². The SMILES string of the molecule is Nc1c(Cl)cc(-c2ccccc2)c([N+](=O)[O-])c1Cl. The lowest BCUT2D eigenvalue weighted by molar-refractivity contribution is -0.384. The molecular formula is C12H8Cl2N2O2. The zero-order valence-electron chi connectivity index (χ0n) is 9.06. The molecule has 2 aromatic rings. The van der Waals surface area contributed by atoms with Crippen molar-refractivity contribution in [2.45, 2.75) is 0 Å². The first-order chi connectivity index (χ1) is 8.52. The van der Waals surface area contributed by atoms with Crippen LogP contribution in [0.5, 0.6) is 0 Å². The van der Waals surface area contributed by atoms with Gasteiger partial charge in [0.05, 0.1) is 21.2 Å². The Labute approximate surface area is 113 Å². The summed E-state index contributed by atoms with van der Waals surface area (Å²) in [4.78, 5) is 10.5. The van der Waals surface area contributed by atoms with Crippen molar-refractivity contribution < 1.29 is 4.92 Å². The maximum atomic E-state index is 11.1. The lowest BCUT2D eigenvalue weighted by Crippen LogP contribution is -1.98. The molecule has 0 aliphatic rings. The van der Waals surface area contributed by atoms with Crippen LogP contribution in [0, 0.1) is 10.1 Å². The van der Waals surface area contributed by atoms with Crippen molar-refractivity contribution in [1.82, 2.24) is 0 Å². The van der Waals surface area contributed by atoms with E-state index in [1.165, 1.54) is 6.07 Å². The number of benzene rings is 2. The second kappa shape index (κ2) is 4.84. The van der Waals surface area contributed by atoms with Gasteiger partial charge in [-0.05, 0) is 11.6 Å². The summed E-state index contributed by atoms with van der Waals surface area (Å²) in [7, 11) is 0. The molecule has 0 atom stereocenters. The van der Waals surface area contributed by atoms with Crippen molar-refractivity contribution in [3.8, 4) is 11.1 Å². The van der Waals surface area contributed by atoms with Gasteiger partial charge in [-0.3, -0.25) is 10.1 Å². The van der Waals surface area contributed by atoms with Crippen molar-refractivity contribution in [3.63, 3.8) is 0 Å². The highest BCUT2D eigenvalue weighted by Gasteiger charge is 2.24. The van der Waals surface area contributed by atoms with Crippen LogP contribution in [0.4, 0.5) is 11.4 Å². The fraction of sp³-hybridized carbons (Fsp3) is 0. The van der Waals surface area contributed by atoms with Crippen LogP contribution in [0.15, 0.2) is 36.4 Å². The zero-order valence-corrected chi connectivity index (χ0v) is 10.6. The summed E-state index contributed by atoms with van der Waals surface area (Å²) >= 11 is 11.8. The number of nitrogens with two attached hydrogens (primary N) is 1. The molecule has 2 rings (SSSR count). The molecule has 0 aliphatic heterocycles. The van der Waals surface area contributed by atoms with Crippen molar-refractivity contribution in [1.29, 1.82) is 0 Å². The Kier molecular flexibility index (Phi) is 3.41. The Morgan fingerprint density at radius 3 is 2.33 bits per heavy atom. The number of rotatable bonds is 2. The molecule has 0 amide bonds. The topological polar surface area (TPSA) is 69.2 Å². The van der Waals surface area contributed by atoms with Crippen molar-refractivity contribution >= 4 is 34.6 Å². The third-order valence-electron chi connectivity index (χ3n) is 2.50. The van der Waals surface area contributed by atoms with E-state index >= 15 is 0 Å². The predicted molar refractivity (Wildman–Crippen MR) is 73.0 cm³/mol. The van der Waals surface area contributed by atoms with E-state index in [0.717, 1.165) is 0 Å². The Hall–Kier alpha value is -1.78. The van der Waals surface area contributed by atoms with Crippen LogP contribution < -0.4 is 5.73 Å². The van der Waals surface area contributed by atoms with Crippen LogP contribution in [0.25, 0.3) is 11.1 Å². The fourth-order valence-corrected chi connectivity index (χ4v) is 2.16. The molecule has 0 spiro atoms. The molecule has 0 fully saturated rings. The van der Waals surface area contributed by atoms with Crippen LogP contribution in [0.1, 0.15) is 0 Å². The number of hydrogen-bond acceptors (Lipinski definition) is 3. The van der Waals surface area contributed by atoms with Gasteiger partial charge < -0.3 is 5.73 Å². The second-order valence-corrected chi connectivity index (χ2v) is 4.39. The molecule has 0 bridgehead atoms. The lowest BCUT2D eigenvalue weighted by Gasteiger charge is -2.08. The average molecular weight is 283 g/mol. The highest BCUT2D eigenvalue weighted by atomic mass is 35.5. The smallest absolute Gasteiger partial charge is 0.297 e. The fourth-order valence-electron chi connectivity index (χ4n) is 1.64. The van der Waals surface area contributed by atoms with E-state index in [4.69, 9.17) is 28.9 Å². The molecule has 2 N–H and O–H groups in total. The van der Waals surface area contributed by atoms with Crippen LogP contribution in [-0.4, -0.2) is 4.92 Å². The standard InChI is InChI=1S/C12H8Cl2N2O2/c13-9-6-8(7-4-2-1-3-5-7)12(16(17)18)10(14)11(9)15/h1-6H,15H2. The van der Waals surface area contributed by atoms with Gasteiger partial charge in [0.25, 0.3) is 5.69 Å². The average Bonchev–Trinajstić information content (AvgIpc) is 2.36. The molecule has 4 nitrogen and oxygen atoms in total. The Morgan fingerprint density at radius 2 is 1.78 bits per heavy atom. The van der Waals surface area contributed by atoms with Crippen LogP contribution in [0.3, 0.4) is 0 Å². The molecule has 0 aromatic heterocycles. The minimum Gasteiger partial charge on any atom is -0.396 e. The summed E-state index contributed by atoms with van der Waals surface area (Å²) in [5.74, 6) is 0. The number of nitro groups is 1. The Morgan fingerprint density at radius 1 is 1.17 bits per heavy atom. The molecule has 0 saturated heterocycles. The minimum atomic E-state index is -0.558. The van der Waals surface area contributed by atoms with E-state index in [2.05, 4.69) is 0 Å². The molecule has 0 aliphatic carbocycles. The van der Waals surface area contributed by atoms with Crippen LogP contribution in [-0.2, 0) is 0 Å². The van der Waals surface area contributed by atoms with E-state index in [-0.39, 0.29) is 21.4 Å². The predicted octanol–water partition coefficient (Wildman–Crippen LogP) is 4.15. The Bertz CT molecular complexity index is 615. The molecule has 0 heterocycles. The monoisotopic (exact) mass is 282 g/mol. The highest BCUT2D eigenvalue weighted by Crippen LogP contribution is 2.43. The second-order valence-electron chi connectivity index (χ2n) is 3.61. The normalized spacial score (nSPS) is 10.3. The van der Waals surface area contributed by atoms with Gasteiger partial charge >= 0.3 is 0 Å². The van der Waals surface area contributed by atoms with Gasteiger partial charge in [-0.15, -0.1) is 0 Å². The summed E-state index contributed by atoms with van der Waals surface area (Å²) in [6, 6.07) is 10.3. The van der Waals surface area contributed by atoms with Crippen LogP contribution in [0.2, 0.25) is 10.0 Å². The Balaban J connectivity index is 2.78. The maximum absolute atomic E-state index is 11.1. The number of nitrogens with zero attached hydrogens (tertiary/aromatic N) is 1. The third kappa shape index (κ3) is 2.12. The largest absolute Gasteiger partial charge is 0.396 e. The van der Waals surface area contributed by atoms with Crippen LogP contribution >= 0.6 is 23.2 Å². The summed E-state index contributed by atoms with van der Waals surface area (Å²) in [5, 5.41) is 11.2. The van der Waals surface area contributed by atoms with Gasteiger partial charge in [-0.2, -0.15) is 0 Å². The van der Waals surface area contributed by atoms with Gasteiger partial charge in [-0.25, -0.2) is 0 Å². The van der Waals surface area contributed by atoms with Crippen molar-refractivity contribution in [3.05, 3.63) is 56.6 Å². The van der Waals surface area contributed by atoms with Gasteiger partial charge in [0.2, 0.25) is 0 Å². The summed E-state index contributed by atoms with van der Waals surface area (Å²) in [5.41, 5.74) is 6.40. The molecule has 0 saturated carbocycles. The van der Waals surface area contributed by atoms with E-state index in [9.17, 15) is 10.1 Å². The maximum Gasteiger partial charge on any atom is 0.297 e. The van der Waals surface area contributed by atoms with Gasteiger partial charge in [0.1, 0.15) is 5.02 Å². The lowest BCUT2D eigenvalue weighted by atomic mass is 10.0. The molecule has 0 unspecified atom stereocenters. The summed E-state index contributed by atoms with van der Waals surface area (Å²) in [6.07, 6.45) is 0. The molecule has 92 valence electrons. The molecule has 2 aromatic carbocycles. The molecule has 6 heteroatoms. The van der Waals surface area contributed by atoms with E-state index < -0.39 is 4.92 Å². The molecular weight excluding hydrogens is 275 g/mol. The number of nitro benzene ring substituents is 1. The first-order valence-corrected chi connectivity index (χ1v) is 5.75. The number of nitrogen functional groups attached to an aromatic ring is 1. The summed E-state index contributed by atoms with van der Waals surface area (Å²) < 4.78 is 0. The minimum absolute atomic E-state index is 0.0183. The van der Waals surface area contributed by atoms with Gasteiger partial charge in [0.15, 0.2) is 0 Å². The first-order valence-electron chi connectivity index (χ1n) is 4.99. The number of halogens is 2. The van der Waals surface area contributed by atoms with E-state index in [0.29, 0.717) is 11.1 Å². The molecule has 0 radical (unpaired) electrons. The number of hydrogen-bond donors (Lipinski definition) is 1. The zero-order chi connectivity index (χ0) is 13.3. The van der Waals surface area contributed by atoms with Gasteiger partial charge in [0, 0.05) is 0 Å². The first kappa shape index (κ1) is 12.7.